The van der Waals surface area contributed by atoms with Crippen LogP contribution in [0.15, 0.2) is 24.3 Å². The second kappa shape index (κ2) is 5.13. The molecule has 0 bridgehead atoms. The number of carbonyl (C=O) groups excluding carboxylic acids is 2. The summed E-state index contributed by atoms with van der Waals surface area (Å²) < 4.78 is 0. The zero-order valence-corrected chi connectivity index (χ0v) is 10.8. The first-order valence-electron chi connectivity index (χ1n) is 5.69. The Labute approximate surface area is 102 Å². The van der Waals surface area contributed by atoms with E-state index < -0.39 is 0 Å². The summed E-state index contributed by atoms with van der Waals surface area (Å²) in [6, 6.07) is 7.67. The van der Waals surface area contributed by atoms with Gasteiger partial charge in [0.25, 0.3) is 0 Å². The van der Waals surface area contributed by atoms with Crippen molar-refractivity contribution >= 4 is 17.4 Å². The molecule has 0 aromatic heterocycles. The molecule has 0 saturated carbocycles. The highest BCUT2D eigenvalue weighted by Crippen LogP contribution is 2.29. The molecule has 0 aliphatic rings. The van der Waals surface area contributed by atoms with Crippen LogP contribution in [0.5, 0.6) is 0 Å². The lowest BCUT2D eigenvalue weighted by Crippen LogP contribution is -2.19. The zero-order chi connectivity index (χ0) is 13.1. The van der Waals surface area contributed by atoms with Gasteiger partial charge in [-0.05, 0) is 24.0 Å². The van der Waals surface area contributed by atoms with Gasteiger partial charge >= 0.3 is 0 Å². The molecule has 92 valence electrons. The molecule has 3 heteroatoms. The molecule has 1 aromatic carbocycles. The van der Waals surface area contributed by atoms with Gasteiger partial charge in [0.15, 0.2) is 0 Å². The minimum Gasteiger partial charge on any atom is -0.325 e. The summed E-state index contributed by atoms with van der Waals surface area (Å²) in [5.41, 5.74) is 1.81. The number of hydrogen-bond acceptors (Lipinski definition) is 2. The molecule has 1 amide bonds. The SMILES string of the molecule is CC(=O)CC(=O)Nc1ccccc1C(C)(C)C. The number of benzene rings is 1. The average molecular weight is 233 g/mol. The molecular formula is C14H19NO2. The zero-order valence-electron chi connectivity index (χ0n) is 10.8. The smallest absolute Gasteiger partial charge is 0.231 e. The van der Waals surface area contributed by atoms with Gasteiger partial charge in [0.1, 0.15) is 5.78 Å². The number of anilines is 1. The number of Topliss-reactive ketones (excluding diaryl/α,β-unsaturated/α-hetero) is 1. The van der Waals surface area contributed by atoms with Gasteiger partial charge in [0, 0.05) is 5.69 Å². The molecular weight excluding hydrogens is 214 g/mol. The van der Waals surface area contributed by atoms with Crippen molar-refractivity contribution in [2.75, 3.05) is 5.32 Å². The van der Waals surface area contributed by atoms with Crippen molar-refractivity contribution < 1.29 is 9.59 Å². The van der Waals surface area contributed by atoms with Crippen molar-refractivity contribution in [3.63, 3.8) is 0 Å². The van der Waals surface area contributed by atoms with Gasteiger partial charge in [-0.2, -0.15) is 0 Å². The highest BCUT2D eigenvalue weighted by Gasteiger charge is 2.18. The van der Waals surface area contributed by atoms with Crippen molar-refractivity contribution in [3.05, 3.63) is 29.8 Å². The van der Waals surface area contributed by atoms with Crippen LogP contribution in [-0.2, 0) is 15.0 Å². The Morgan fingerprint density at radius 1 is 1.18 bits per heavy atom. The van der Waals surface area contributed by atoms with Crippen LogP contribution in [0.3, 0.4) is 0 Å². The summed E-state index contributed by atoms with van der Waals surface area (Å²) in [6.07, 6.45) is -0.0710. The molecule has 0 aliphatic heterocycles. The van der Waals surface area contributed by atoms with Crippen LogP contribution >= 0.6 is 0 Å². The largest absolute Gasteiger partial charge is 0.325 e. The fraction of sp³-hybridized carbons (Fsp3) is 0.429. The summed E-state index contributed by atoms with van der Waals surface area (Å²) >= 11 is 0. The summed E-state index contributed by atoms with van der Waals surface area (Å²) in [5, 5.41) is 2.79. The third-order valence-corrected chi connectivity index (χ3v) is 2.42. The number of rotatable bonds is 3. The third kappa shape index (κ3) is 4.02. The van der Waals surface area contributed by atoms with Gasteiger partial charge in [-0.15, -0.1) is 0 Å². The number of amides is 1. The number of para-hydroxylation sites is 1. The Hall–Kier alpha value is -1.64. The van der Waals surface area contributed by atoms with Crippen LogP contribution < -0.4 is 5.32 Å². The monoisotopic (exact) mass is 233 g/mol. The summed E-state index contributed by atoms with van der Waals surface area (Å²) in [4.78, 5) is 22.4. The lowest BCUT2D eigenvalue weighted by atomic mass is 9.86. The van der Waals surface area contributed by atoms with Crippen molar-refractivity contribution in [2.45, 2.75) is 39.5 Å². The molecule has 0 heterocycles. The lowest BCUT2D eigenvalue weighted by molar-refractivity contribution is -0.124. The van der Waals surface area contributed by atoms with Crippen LogP contribution in [0.25, 0.3) is 0 Å². The van der Waals surface area contributed by atoms with Gasteiger partial charge in [-0.25, -0.2) is 0 Å². The van der Waals surface area contributed by atoms with Crippen LogP contribution in [0, 0.1) is 0 Å². The maximum Gasteiger partial charge on any atom is 0.231 e. The Bertz CT molecular complexity index is 430. The van der Waals surface area contributed by atoms with E-state index in [1.165, 1.54) is 6.92 Å². The van der Waals surface area contributed by atoms with Crippen molar-refractivity contribution in [1.82, 2.24) is 0 Å². The van der Waals surface area contributed by atoms with Gasteiger partial charge in [0.05, 0.1) is 6.42 Å². The summed E-state index contributed by atoms with van der Waals surface area (Å²) in [5.74, 6) is -0.384. The molecule has 0 unspecified atom stereocenters. The summed E-state index contributed by atoms with van der Waals surface area (Å²) in [6.45, 7) is 7.67. The van der Waals surface area contributed by atoms with E-state index in [4.69, 9.17) is 0 Å². The predicted molar refractivity (Wildman–Crippen MR) is 69.1 cm³/mol. The van der Waals surface area contributed by atoms with E-state index in [-0.39, 0.29) is 23.5 Å². The van der Waals surface area contributed by atoms with E-state index in [1.807, 2.05) is 24.3 Å². The standard InChI is InChI=1S/C14H19NO2/c1-10(16)9-13(17)15-12-8-6-5-7-11(12)14(2,3)4/h5-8H,9H2,1-4H3,(H,15,17). The maximum atomic E-state index is 11.6. The van der Waals surface area contributed by atoms with E-state index >= 15 is 0 Å². The first-order chi connectivity index (χ1) is 7.80. The first kappa shape index (κ1) is 13.4. The van der Waals surface area contributed by atoms with E-state index in [0.29, 0.717) is 0 Å². The van der Waals surface area contributed by atoms with Gasteiger partial charge in [0.2, 0.25) is 5.91 Å². The quantitative estimate of drug-likeness (QED) is 0.816. The van der Waals surface area contributed by atoms with E-state index in [9.17, 15) is 9.59 Å². The topological polar surface area (TPSA) is 46.2 Å². The molecule has 1 rings (SSSR count). The van der Waals surface area contributed by atoms with E-state index in [0.717, 1.165) is 11.3 Å². The number of hydrogen-bond donors (Lipinski definition) is 1. The Morgan fingerprint density at radius 2 is 1.76 bits per heavy atom. The second-order valence-electron chi connectivity index (χ2n) is 5.22. The third-order valence-electron chi connectivity index (χ3n) is 2.42. The van der Waals surface area contributed by atoms with Gasteiger partial charge < -0.3 is 5.32 Å². The molecule has 0 aliphatic carbocycles. The van der Waals surface area contributed by atoms with Crippen molar-refractivity contribution in [1.29, 1.82) is 0 Å². The molecule has 17 heavy (non-hydrogen) atoms. The second-order valence-corrected chi connectivity index (χ2v) is 5.22. The molecule has 3 nitrogen and oxygen atoms in total. The van der Waals surface area contributed by atoms with E-state index in [2.05, 4.69) is 26.1 Å². The molecule has 1 aromatic rings. The molecule has 0 spiro atoms. The Balaban J connectivity index is 2.92. The first-order valence-corrected chi connectivity index (χ1v) is 5.69. The average Bonchev–Trinajstić information content (AvgIpc) is 2.15. The normalized spacial score (nSPS) is 11.1. The lowest BCUT2D eigenvalue weighted by Gasteiger charge is -2.22. The Kier molecular flexibility index (Phi) is 4.05. The highest BCUT2D eigenvalue weighted by atomic mass is 16.2. The van der Waals surface area contributed by atoms with Crippen molar-refractivity contribution in [3.8, 4) is 0 Å². The Morgan fingerprint density at radius 3 is 2.29 bits per heavy atom. The molecule has 1 N–H and O–H groups in total. The summed E-state index contributed by atoms with van der Waals surface area (Å²) in [7, 11) is 0. The number of ketones is 1. The van der Waals surface area contributed by atoms with E-state index in [1.54, 1.807) is 0 Å². The maximum absolute atomic E-state index is 11.6. The fourth-order valence-electron chi connectivity index (χ4n) is 1.67. The van der Waals surface area contributed by atoms with Gasteiger partial charge in [-0.1, -0.05) is 39.0 Å². The molecule has 0 saturated heterocycles. The minimum absolute atomic E-state index is 0.0416. The predicted octanol–water partition coefficient (Wildman–Crippen LogP) is 2.90. The molecule has 0 fully saturated rings. The molecule has 0 atom stereocenters. The van der Waals surface area contributed by atoms with Crippen LogP contribution in [0.4, 0.5) is 5.69 Å². The van der Waals surface area contributed by atoms with Crippen molar-refractivity contribution in [2.24, 2.45) is 0 Å². The fourth-order valence-corrected chi connectivity index (χ4v) is 1.67. The van der Waals surface area contributed by atoms with Gasteiger partial charge in [-0.3, -0.25) is 9.59 Å². The highest BCUT2D eigenvalue weighted by molar-refractivity contribution is 6.03. The van der Waals surface area contributed by atoms with Crippen LogP contribution in [0.1, 0.15) is 39.7 Å². The molecule has 0 radical (unpaired) electrons. The minimum atomic E-state index is -0.255. The van der Waals surface area contributed by atoms with Crippen LogP contribution in [0.2, 0.25) is 0 Å². The number of carbonyl (C=O) groups is 2. The van der Waals surface area contributed by atoms with Crippen LogP contribution in [-0.4, -0.2) is 11.7 Å². The number of nitrogens with one attached hydrogen (secondary N) is 1.